The number of carbonyl (C=O) groups excluding carboxylic acids is 1. The Morgan fingerprint density at radius 3 is 2.90 bits per heavy atom. The standard InChI is InChI=1S/C15H16FNO4/c1-10-9-21-7-6-17(10)15(20)12-8-11(2-4-13(12)16)3-5-14(18)19/h2-5,8,10H,6-7,9H2,1H3,(H,18,19). The van der Waals surface area contributed by atoms with E-state index in [0.29, 0.717) is 25.3 Å². The normalized spacial score (nSPS) is 19.0. The van der Waals surface area contributed by atoms with Gasteiger partial charge in [-0.25, -0.2) is 9.18 Å². The van der Waals surface area contributed by atoms with E-state index in [4.69, 9.17) is 9.84 Å². The van der Waals surface area contributed by atoms with Gasteiger partial charge in [0.15, 0.2) is 0 Å². The van der Waals surface area contributed by atoms with E-state index >= 15 is 0 Å². The fourth-order valence-electron chi connectivity index (χ4n) is 2.16. The largest absolute Gasteiger partial charge is 0.478 e. The van der Waals surface area contributed by atoms with Gasteiger partial charge in [-0.15, -0.1) is 0 Å². The number of morpholine rings is 1. The lowest BCUT2D eigenvalue weighted by Gasteiger charge is -2.33. The van der Waals surface area contributed by atoms with E-state index in [2.05, 4.69) is 0 Å². The highest BCUT2D eigenvalue weighted by Crippen LogP contribution is 2.17. The van der Waals surface area contributed by atoms with Crippen LogP contribution in [-0.2, 0) is 9.53 Å². The summed E-state index contributed by atoms with van der Waals surface area (Å²) in [5.41, 5.74) is 0.402. The number of carboxylic acid groups (broad SMARTS) is 1. The summed E-state index contributed by atoms with van der Waals surface area (Å²) in [5, 5.41) is 8.60. The van der Waals surface area contributed by atoms with Gasteiger partial charge < -0.3 is 14.7 Å². The number of amides is 1. The molecular weight excluding hydrogens is 277 g/mol. The zero-order valence-corrected chi connectivity index (χ0v) is 11.6. The van der Waals surface area contributed by atoms with Crippen molar-refractivity contribution in [2.24, 2.45) is 0 Å². The maximum atomic E-state index is 13.9. The van der Waals surface area contributed by atoms with Gasteiger partial charge in [-0.1, -0.05) is 6.07 Å². The van der Waals surface area contributed by atoms with Gasteiger partial charge in [-0.2, -0.15) is 0 Å². The maximum absolute atomic E-state index is 13.9. The molecule has 1 aliphatic rings. The molecule has 21 heavy (non-hydrogen) atoms. The lowest BCUT2D eigenvalue weighted by molar-refractivity contribution is -0.131. The average Bonchev–Trinajstić information content (AvgIpc) is 2.46. The SMILES string of the molecule is CC1COCCN1C(=O)c1cc(C=CC(=O)O)ccc1F. The van der Waals surface area contributed by atoms with Crippen LogP contribution in [0.1, 0.15) is 22.8 Å². The third-order valence-electron chi connectivity index (χ3n) is 3.27. The molecule has 0 saturated carbocycles. The summed E-state index contributed by atoms with van der Waals surface area (Å²) >= 11 is 0. The predicted molar refractivity (Wildman–Crippen MR) is 74.4 cm³/mol. The number of benzene rings is 1. The van der Waals surface area contributed by atoms with Crippen LogP contribution >= 0.6 is 0 Å². The van der Waals surface area contributed by atoms with Crippen LogP contribution in [-0.4, -0.2) is 47.7 Å². The summed E-state index contributed by atoms with van der Waals surface area (Å²) < 4.78 is 19.1. The van der Waals surface area contributed by atoms with E-state index in [1.807, 2.05) is 6.92 Å². The number of hydrogen-bond acceptors (Lipinski definition) is 3. The minimum atomic E-state index is -1.10. The Kier molecular flexibility index (Phi) is 4.70. The Balaban J connectivity index is 2.27. The third kappa shape index (κ3) is 3.66. The van der Waals surface area contributed by atoms with Crippen molar-refractivity contribution >= 4 is 18.0 Å². The van der Waals surface area contributed by atoms with Crippen LogP contribution in [0.4, 0.5) is 4.39 Å². The molecule has 6 heteroatoms. The number of carbonyl (C=O) groups is 2. The highest BCUT2D eigenvalue weighted by molar-refractivity contribution is 5.95. The fraction of sp³-hybridized carbons (Fsp3) is 0.333. The zero-order valence-electron chi connectivity index (χ0n) is 11.6. The maximum Gasteiger partial charge on any atom is 0.328 e. The van der Waals surface area contributed by atoms with Gasteiger partial charge >= 0.3 is 5.97 Å². The van der Waals surface area contributed by atoms with Gasteiger partial charge in [0.25, 0.3) is 5.91 Å². The van der Waals surface area contributed by atoms with Gasteiger partial charge in [0.1, 0.15) is 5.82 Å². The average molecular weight is 293 g/mol. The second-order valence-corrected chi connectivity index (χ2v) is 4.83. The van der Waals surface area contributed by atoms with Crippen molar-refractivity contribution in [3.8, 4) is 0 Å². The molecule has 1 N–H and O–H groups in total. The molecular formula is C15H16FNO4. The van der Waals surface area contributed by atoms with Crippen molar-refractivity contribution < 1.29 is 23.8 Å². The first-order chi connectivity index (χ1) is 9.99. The third-order valence-corrected chi connectivity index (χ3v) is 3.27. The molecule has 1 aromatic carbocycles. The summed E-state index contributed by atoms with van der Waals surface area (Å²) in [7, 11) is 0. The van der Waals surface area contributed by atoms with Crippen LogP contribution in [0.2, 0.25) is 0 Å². The van der Waals surface area contributed by atoms with Gasteiger partial charge in [-0.05, 0) is 30.7 Å². The van der Waals surface area contributed by atoms with Gasteiger partial charge in [0, 0.05) is 12.6 Å². The first-order valence-electron chi connectivity index (χ1n) is 6.58. The number of rotatable bonds is 3. The van der Waals surface area contributed by atoms with Crippen molar-refractivity contribution in [1.29, 1.82) is 0 Å². The minimum Gasteiger partial charge on any atom is -0.478 e. The van der Waals surface area contributed by atoms with Gasteiger partial charge in [-0.3, -0.25) is 4.79 Å². The van der Waals surface area contributed by atoms with Crippen molar-refractivity contribution in [1.82, 2.24) is 4.90 Å². The first kappa shape index (κ1) is 15.2. The Bertz CT molecular complexity index is 585. The Hall–Kier alpha value is -2.21. The highest BCUT2D eigenvalue weighted by atomic mass is 19.1. The van der Waals surface area contributed by atoms with Gasteiger partial charge in [0.05, 0.1) is 24.8 Å². The van der Waals surface area contributed by atoms with Crippen LogP contribution in [0.15, 0.2) is 24.3 Å². The molecule has 5 nitrogen and oxygen atoms in total. The number of nitrogens with zero attached hydrogens (tertiary/aromatic N) is 1. The van der Waals surface area contributed by atoms with E-state index in [1.54, 1.807) is 4.90 Å². The molecule has 1 atom stereocenters. The molecule has 0 radical (unpaired) electrons. The smallest absolute Gasteiger partial charge is 0.328 e. The topological polar surface area (TPSA) is 66.8 Å². The molecule has 1 unspecified atom stereocenters. The Morgan fingerprint density at radius 1 is 1.48 bits per heavy atom. The summed E-state index contributed by atoms with van der Waals surface area (Å²) in [6, 6.07) is 3.83. The summed E-state index contributed by atoms with van der Waals surface area (Å²) in [6.45, 7) is 3.10. The molecule has 0 bridgehead atoms. The van der Waals surface area contributed by atoms with E-state index in [0.717, 1.165) is 6.08 Å². The molecule has 0 aliphatic carbocycles. The molecule has 1 aliphatic heterocycles. The lowest BCUT2D eigenvalue weighted by Crippen LogP contribution is -2.47. The first-order valence-corrected chi connectivity index (χ1v) is 6.58. The van der Waals surface area contributed by atoms with E-state index < -0.39 is 17.7 Å². The Labute approximate surface area is 121 Å². The summed E-state index contributed by atoms with van der Waals surface area (Å²) in [4.78, 5) is 24.5. The van der Waals surface area contributed by atoms with E-state index in [1.165, 1.54) is 24.3 Å². The van der Waals surface area contributed by atoms with Gasteiger partial charge in [0.2, 0.25) is 0 Å². The molecule has 1 fully saturated rings. The number of ether oxygens (including phenoxy) is 1. The van der Waals surface area contributed by atoms with Crippen LogP contribution in [0.25, 0.3) is 6.08 Å². The van der Waals surface area contributed by atoms with Crippen LogP contribution < -0.4 is 0 Å². The fourth-order valence-corrected chi connectivity index (χ4v) is 2.16. The monoisotopic (exact) mass is 293 g/mol. The summed E-state index contributed by atoms with van der Waals surface area (Å²) in [5.74, 6) is -2.13. The van der Waals surface area contributed by atoms with Crippen molar-refractivity contribution in [2.45, 2.75) is 13.0 Å². The molecule has 1 aromatic rings. The van der Waals surface area contributed by atoms with E-state index in [9.17, 15) is 14.0 Å². The van der Waals surface area contributed by atoms with E-state index in [-0.39, 0.29) is 11.6 Å². The molecule has 112 valence electrons. The van der Waals surface area contributed by atoms with Crippen molar-refractivity contribution in [2.75, 3.05) is 19.8 Å². The Morgan fingerprint density at radius 2 is 2.24 bits per heavy atom. The number of aliphatic carboxylic acids is 1. The lowest BCUT2D eigenvalue weighted by atomic mass is 10.1. The molecule has 1 heterocycles. The van der Waals surface area contributed by atoms with Crippen molar-refractivity contribution in [3.63, 3.8) is 0 Å². The predicted octanol–water partition coefficient (Wildman–Crippen LogP) is 1.78. The van der Waals surface area contributed by atoms with Crippen molar-refractivity contribution in [3.05, 3.63) is 41.2 Å². The number of hydrogen-bond donors (Lipinski definition) is 1. The number of carboxylic acids is 1. The highest BCUT2D eigenvalue weighted by Gasteiger charge is 2.26. The van der Waals surface area contributed by atoms with Crippen LogP contribution in [0, 0.1) is 5.82 Å². The molecule has 1 amide bonds. The minimum absolute atomic E-state index is 0.0590. The zero-order chi connectivity index (χ0) is 15.4. The summed E-state index contributed by atoms with van der Waals surface area (Å²) in [6.07, 6.45) is 2.26. The van der Waals surface area contributed by atoms with Crippen LogP contribution in [0.3, 0.4) is 0 Å². The van der Waals surface area contributed by atoms with Crippen LogP contribution in [0.5, 0.6) is 0 Å². The second-order valence-electron chi connectivity index (χ2n) is 4.83. The second kappa shape index (κ2) is 6.49. The molecule has 2 rings (SSSR count). The quantitative estimate of drug-likeness (QED) is 0.863. The number of halogens is 1. The molecule has 1 saturated heterocycles. The molecule has 0 spiro atoms. The molecule has 0 aromatic heterocycles.